The lowest BCUT2D eigenvalue weighted by atomic mass is 9.98. The number of rotatable bonds is 3. The Morgan fingerprint density at radius 1 is 1.40 bits per heavy atom. The molecule has 1 aromatic rings. The molecule has 4 heteroatoms. The Morgan fingerprint density at radius 3 is 2.47 bits per heavy atom. The highest BCUT2D eigenvalue weighted by Crippen LogP contribution is 2.26. The predicted octanol–water partition coefficient (Wildman–Crippen LogP) is 3.95. The van der Waals surface area contributed by atoms with Crippen molar-refractivity contribution in [3.63, 3.8) is 0 Å². The molecule has 0 heterocycles. The Hall–Kier alpha value is -0.310. The molecule has 0 unspecified atom stereocenters. The highest BCUT2D eigenvalue weighted by Gasteiger charge is 2.12. The van der Waals surface area contributed by atoms with Gasteiger partial charge in [-0.05, 0) is 30.0 Å². The zero-order valence-electron chi connectivity index (χ0n) is 8.84. The van der Waals surface area contributed by atoms with Crippen LogP contribution >= 0.6 is 24.0 Å². The molecule has 2 N–H and O–H groups in total. The van der Waals surface area contributed by atoms with Gasteiger partial charge in [0.15, 0.2) is 0 Å². The number of hydrogen-bond donors (Lipinski definition) is 1. The molecular formula is C11H16Cl2FN. The van der Waals surface area contributed by atoms with Crippen LogP contribution in [0.15, 0.2) is 18.2 Å². The van der Waals surface area contributed by atoms with Crippen LogP contribution in [0.4, 0.5) is 4.39 Å². The fourth-order valence-corrected chi connectivity index (χ4v) is 1.74. The molecule has 0 aliphatic rings. The first-order valence-electron chi connectivity index (χ1n) is 4.71. The summed E-state index contributed by atoms with van der Waals surface area (Å²) in [6.07, 6.45) is 0.853. The van der Waals surface area contributed by atoms with Crippen LogP contribution in [0.1, 0.15) is 31.9 Å². The van der Waals surface area contributed by atoms with E-state index in [1.807, 2.05) is 0 Å². The highest BCUT2D eigenvalue weighted by atomic mass is 35.5. The molecule has 0 aliphatic carbocycles. The zero-order chi connectivity index (χ0) is 10.7. The van der Waals surface area contributed by atoms with E-state index in [9.17, 15) is 4.39 Å². The van der Waals surface area contributed by atoms with Gasteiger partial charge >= 0.3 is 0 Å². The van der Waals surface area contributed by atoms with E-state index >= 15 is 0 Å². The van der Waals surface area contributed by atoms with Crippen molar-refractivity contribution >= 4 is 24.0 Å². The molecule has 0 saturated heterocycles. The predicted molar refractivity (Wildman–Crippen MR) is 65.0 cm³/mol. The summed E-state index contributed by atoms with van der Waals surface area (Å²) >= 11 is 5.89. The second-order valence-electron chi connectivity index (χ2n) is 3.90. The van der Waals surface area contributed by atoms with Crippen molar-refractivity contribution < 1.29 is 4.39 Å². The number of halogens is 3. The van der Waals surface area contributed by atoms with Crippen LogP contribution in [0.2, 0.25) is 5.02 Å². The molecule has 0 spiro atoms. The molecule has 0 aliphatic heterocycles. The van der Waals surface area contributed by atoms with Gasteiger partial charge in [0, 0.05) is 11.1 Å². The van der Waals surface area contributed by atoms with Crippen molar-refractivity contribution in [3.05, 3.63) is 34.6 Å². The van der Waals surface area contributed by atoms with Gasteiger partial charge in [-0.15, -0.1) is 12.4 Å². The third kappa shape index (κ3) is 4.37. The average molecular weight is 252 g/mol. The van der Waals surface area contributed by atoms with Gasteiger partial charge in [0.25, 0.3) is 0 Å². The summed E-state index contributed by atoms with van der Waals surface area (Å²) < 4.78 is 12.7. The minimum atomic E-state index is -0.324. The second kappa shape index (κ2) is 6.31. The number of benzene rings is 1. The van der Waals surface area contributed by atoms with Crippen molar-refractivity contribution in [2.75, 3.05) is 0 Å². The quantitative estimate of drug-likeness (QED) is 0.866. The molecule has 1 rings (SSSR count). The first-order valence-corrected chi connectivity index (χ1v) is 5.09. The van der Waals surface area contributed by atoms with E-state index in [1.165, 1.54) is 12.1 Å². The van der Waals surface area contributed by atoms with Crippen LogP contribution in [-0.4, -0.2) is 0 Å². The van der Waals surface area contributed by atoms with Gasteiger partial charge in [-0.25, -0.2) is 4.39 Å². The van der Waals surface area contributed by atoms with Crippen LogP contribution in [0.5, 0.6) is 0 Å². The molecule has 1 aromatic carbocycles. The Labute approximate surface area is 101 Å². The maximum atomic E-state index is 12.7. The SMILES string of the molecule is CC(C)C[C@@H](N)c1ccc(F)cc1Cl.Cl. The average Bonchev–Trinajstić information content (AvgIpc) is 2.01. The van der Waals surface area contributed by atoms with Crippen LogP contribution in [-0.2, 0) is 0 Å². The molecule has 0 amide bonds. The fourth-order valence-electron chi connectivity index (χ4n) is 1.44. The Kier molecular flexibility index (Phi) is 6.18. The lowest BCUT2D eigenvalue weighted by Crippen LogP contribution is -2.13. The molecule has 0 fully saturated rings. The Bertz CT molecular complexity index is 315. The maximum Gasteiger partial charge on any atom is 0.124 e. The standard InChI is InChI=1S/C11H15ClFN.ClH/c1-7(2)5-11(14)9-4-3-8(13)6-10(9)12;/h3-4,6-7,11H,5,14H2,1-2H3;1H/t11-;/m1./s1. The lowest BCUT2D eigenvalue weighted by Gasteiger charge is -2.15. The summed E-state index contributed by atoms with van der Waals surface area (Å²) in [5.41, 5.74) is 6.76. The van der Waals surface area contributed by atoms with Crippen molar-refractivity contribution in [1.82, 2.24) is 0 Å². The van der Waals surface area contributed by atoms with E-state index in [0.717, 1.165) is 12.0 Å². The topological polar surface area (TPSA) is 26.0 Å². The lowest BCUT2D eigenvalue weighted by molar-refractivity contribution is 0.509. The fraction of sp³-hybridized carbons (Fsp3) is 0.455. The second-order valence-corrected chi connectivity index (χ2v) is 4.31. The van der Waals surface area contributed by atoms with E-state index in [1.54, 1.807) is 6.07 Å². The molecule has 0 saturated carbocycles. The van der Waals surface area contributed by atoms with Crippen LogP contribution in [0.25, 0.3) is 0 Å². The van der Waals surface area contributed by atoms with Crippen LogP contribution in [0, 0.1) is 11.7 Å². The molecule has 1 atom stereocenters. The summed E-state index contributed by atoms with van der Waals surface area (Å²) in [4.78, 5) is 0. The smallest absolute Gasteiger partial charge is 0.124 e. The third-order valence-corrected chi connectivity index (χ3v) is 2.41. The van der Waals surface area contributed by atoms with Crippen LogP contribution in [0.3, 0.4) is 0 Å². The summed E-state index contributed by atoms with van der Waals surface area (Å²) in [6.45, 7) is 4.19. The third-order valence-electron chi connectivity index (χ3n) is 2.09. The van der Waals surface area contributed by atoms with Crippen molar-refractivity contribution in [2.24, 2.45) is 11.7 Å². The van der Waals surface area contributed by atoms with Gasteiger partial charge in [-0.1, -0.05) is 31.5 Å². The van der Waals surface area contributed by atoms with Gasteiger partial charge in [-0.3, -0.25) is 0 Å². The molecule has 0 aromatic heterocycles. The summed E-state index contributed by atoms with van der Waals surface area (Å²) in [6, 6.07) is 4.24. The molecule has 86 valence electrons. The minimum Gasteiger partial charge on any atom is -0.324 e. The molecule has 1 nitrogen and oxygen atoms in total. The van der Waals surface area contributed by atoms with Crippen molar-refractivity contribution in [1.29, 1.82) is 0 Å². The largest absolute Gasteiger partial charge is 0.324 e. The first kappa shape index (κ1) is 14.7. The van der Waals surface area contributed by atoms with E-state index in [4.69, 9.17) is 17.3 Å². The number of hydrogen-bond acceptors (Lipinski definition) is 1. The van der Waals surface area contributed by atoms with Crippen LogP contribution < -0.4 is 5.73 Å². The molecule has 0 radical (unpaired) electrons. The normalized spacial score (nSPS) is 12.4. The molecule has 15 heavy (non-hydrogen) atoms. The van der Waals surface area contributed by atoms with Crippen molar-refractivity contribution in [2.45, 2.75) is 26.3 Å². The summed E-state index contributed by atoms with van der Waals surface area (Å²) in [5.74, 6) is 0.182. The van der Waals surface area contributed by atoms with E-state index in [2.05, 4.69) is 13.8 Å². The maximum absolute atomic E-state index is 12.7. The van der Waals surface area contributed by atoms with Gasteiger partial charge in [-0.2, -0.15) is 0 Å². The minimum absolute atomic E-state index is 0. The van der Waals surface area contributed by atoms with E-state index < -0.39 is 0 Å². The van der Waals surface area contributed by atoms with E-state index in [-0.39, 0.29) is 24.3 Å². The monoisotopic (exact) mass is 251 g/mol. The molecule has 0 bridgehead atoms. The Morgan fingerprint density at radius 2 is 2.00 bits per heavy atom. The summed E-state index contributed by atoms with van der Waals surface area (Å²) in [7, 11) is 0. The highest BCUT2D eigenvalue weighted by molar-refractivity contribution is 6.31. The molecular weight excluding hydrogens is 236 g/mol. The van der Waals surface area contributed by atoms with Gasteiger partial charge < -0.3 is 5.73 Å². The van der Waals surface area contributed by atoms with Gasteiger partial charge in [0.2, 0.25) is 0 Å². The van der Waals surface area contributed by atoms with E-state index in [0.29, 0.717) is 10.9 Å². The summed E-state index contributed by atoms with van der Waals surface area (Å²) in [5, 5.41) is 0.415. The Balaban J connectivity index is 0.00000196. The van der Waals surface area contributed by atoms with Gasteiger partial charge in [0.1, 0.15) is 5.82 Å². The van der Waals surface area contributed by atoms with Gasteiger partial charge in [0.05, 0.1) is 0 Å². The zero-order valence-corrected chi connectivity index (χ0v) is 10.4. The number of nitrogens with two attached hydrogens (primary N) is 1. The first-order chi connectivity index (χ1) is 6.50. The van der Waals surface area contributed by atoms with Crippen molar-refractivity contribution in [3.8, 4) is 0 Å².